The van der Waals surface area contributed by atoms with Crippen LogP contribution in [0.4, 0.5) is 0 Å². The molecule has 166 valence electrons. The summed E-state index contributed by atoms with van der Waals surface area (Å²) in [6, 6.07) is 0. The van der Waals surface area contributed by atoms with E-state index in [1.165, 1.54) is 70.6 Å². The highest BCUT2D eigenvalue weighted by Crippen LogP contribution is 2.17. The van der Waals surface area contributed by atoms with Gasteiger partial charge in [-0.25, -0.2) is 4.18 Å². The lowest BCUT2D eigenvalue weighted by Gasteiger charge is -2.28. The molecule has 0 atom stereocenters. The molecule has 0 aromatic heterocycles. The van der Waals surface area contributed by atoms with E-state index in [-0.39, 0.29) is 19.5 Å². The van der Waals surface area contributed by atoms with Crippen molar-refractivity contribution in [2.24, 2.45) is 0 Å². The van der Waals surface area contributed by atoms with Crippen LogP contribution in [0, 0.1) is 0 Å². The smallest absolute Gasteiger partial charge is 0.350 e. The molecule has 28 heavy (non-hydrogen) atoms. The molecule has 1 fully saturated rings. The summed E-state index contributed by atoms with van der Waals surface area (Å²) in [5.41, 5.74) is 0. The largest absolute Gasteiger partial charge is 0.397 e. The molecule has 0 spiro atoms. The van der Waals surface area contributed by atoms with Crippen molar-refractivity contribution in [3.05, 3.63) is 12.2 Å². The molecule has 1 aliphatic rings. The van der Waals surface area contributed by atoms with Gasteiger partial charge in [-0.3, -0.25) is 4.55 Å². The molecular formula is C21H40O6S. The Morgan fingerprint density at radius 3 is 1.89 bits per heavy atom. The Kier molecular flexibility index (Phi) is 14.9. The third kappa shape index (κ3) is 15.5. The molecule has 0 amide bonds. The quantitative estimate of drug-likeness (QED) is 0.188. The van der Waals surface area contributed by atoms with E-state index < -0.39 is 16.5 Å². The molecule has 7 heteroatoms. The van der Waals surface area contributed by atoms with Crippen molar-refractivity contribution >= 4 is 10.4 Å². The molecule has 1 rings (SSSR count). The summed E-state index contributed by atoms with van der Waals surface area (Å²) in [5, 5.41) is 0. The van der Waals surface area contributed by atoms with E-state index in [0.717, 1.165) is 19.3 Å². The van der Waals surface area contributed by atoms with Gasteiger partial charge in [-0.05, 0) is 38.5 Å². The monoisotopic (exact) mass is 420 g/mol. The topological polar surface area (TPSA) is 82.1 Å². The summed E-state index contributed by atoms with van der Waals surface area (Å²) in [7, 11) is -4.45. The van der Waals surface area contributed by atoms with E-state index in [1.807, 2.05) is 0 Å². The molecule has 0 bridgehead atoms. The Labute approximate surface area is 172 Å². The summed E-state index contributed by atoms with van der Waals surface area (Å²) in [6.07, 6.45) is 20.9. The van der Waals surface area contributed by atoms with Gasteiger partial charge in [0.05, 0.1) is 13.2 Å². The molecule has 0 aromatic carbocycles. The Hall–Kier alpha value is -0.470. The maximum absolute atomic E-state index is 10.6. The third-order valence-corrected chi connectivity index (χ3v) is 5.41. The van der Waals surface area contributed by atoms with E-state index in [1.54, 1.807) is 0 Å². The first kappa shape index (κ1) is 25.6. The predicted molar refractivity (Wildman–Crippen MR) is 112 cm³/mol. The van der Waals surface area contributed by atoms with E-state index >= 15 is 0 Å². The second-order valence-electron chi connectivity index (χ2n) is 7.62. The van der Waals surface area contributed by atoms with Gasteiger partial charge >= 0.3 is 10.4 Å². The highest BCUT2D eigenvalue weighted by Gasteiger charge is 2.26. The number of rotatable bonds is 17. The van der Waals surface area contributed by atoms with Crippen LogP contribution in [-0.4, -0.2) is 38.6 Å². The average molecular weight is 421 g/mol. The highest BCUT2D eigenvalue weighted by molar-refractivity contribution is 7.80. The normalized spacial score (nSPS) is 20.8. The summed E-state index contributed by atoms with van der Waals surface area (Å²) < 4.78 is 45.2. The molecule has 1 saturated heterocycles. The lowest BCUT2D eigenvalue weighted by atomic mass is 10.1. The van der Waals surface area contributed by atoms with Gasteiger partial charge in [-0.15, -0.1) is 0 Å². The van der Waals surface area contributed by atoms with E-state index in [4.69, 9.17) is 14.0 Å². The fourth-order valence-corrected chi connectivity index (χ4v) is 3.76. The molecule has 1 heterocycles. The summed E-state index contributed by atoms with van der Waals surface area (Å²) in [6.45, 7) is 2.50. The second kappa shape index (κ2) is 16.3. The summed E-state index contributed by atoms with van der Waals surface area (Å²) >= 11 is 0. The minimum absolute atomic E-state index is 0.121. The van der Waals surface area contributed by atoms with Crippen LogP contribution in [0.25, 0.3) is 0 Å². The first-order valence-electron chi connectivity index (χ1n) is 11.0. The zero-order chi connectivity index (χ0) is 20.5. The van der Waals surface area contributed by atoms with Crippen LogP contribution >= 0.6 is 0 Å². The van der Waals surface area contributed by atoms with Crippen LogP contribution < -0.4 is 0 Å². The minimum atomic E-state index is -4.45. The number of unbranched alkanes of at least 4 members (excludes halogenated alkanes) is 11. The van der Waals surface area contributed by atoms with Gasteiger partial charge < -0.3 is 9.47 Å². The number of allylic oxidation sites excluding steroid dienone is 2. The van der Waals surface area contributed by atoms with Crippen LogP contribution in [0.1, 0.15) is 96.8 Å². The van der Waals surface area contributed by atoms with Gasteiger partial charge in [0.2, 0.25) is 0 Å². The predicted octanol–water partition coefficient (Wildman–Crippen LogP) is 5.58. The fraction of sp³-hybridized carbons (Fsp3) is 0.905. The number of ether oxygens (including phenoxy) is 2. The van der Waals surface area contributed by atoms with Crippen LogP contribution in [0.2, 0.25) is 0 Å². The van der Waals surface area contributed by atoms with Crippen LogP contribution in [0.15, 0.2) is 12.2 Å². The summed E-state index contributed by atoms with van der Waals surface area (Å²) in [5.74, 6) is 0. The van der Waals surface area contributed by atoms with E-state index in [9.17, 15) is 8.42 Å². The van der Waals surface area contributed by atoms with Crippen molar-refractivity contribution < 1.29 is 26.6 Å². The highest BCUT2D eigenvalue weighted by atomic mass is 32.3. The number of hydrogen-bond acceptors (Lipinski definition) is 5. The standard InChI is InChI=1S/C21H40O6S/c1-2-3-4-5-6-7-8-9-10-11-12-13-14-15-16-17-21-25-18-20(19-26-21)27-28(22,23)24/h9-10,20-21H,2-8,11-19H2,1H3,(H,22,23,24). The second-order valence-corrected chi connectivity index (χ2v) is 8.66. The van der Waals surface area contributed by atoms with Gasteiger partial charge in [0.15, 0.2) is 6.29 Å². The first-order chi connectivity index (χ1) is 13.5. The maximum Gasteiger partial charge on any atom is 0.397 e. The molecule has 6 nitrogen and oxygen atoms in total. The molecule has 1 N–H and O–H groups in total. The van der Waals surface area contributed by atoms with Gasteiger partial charge in [0.25, 0.3) is 0 Å². The number of hydrogen-bond donors (Lipinski definition) is 1. The Morgan fingerprint density at radius 1 is 0.857 bits per heavy atom. The van der Waals surface area contributed by atoms with Crippen LogP contribution in [-0.2, 0) is 24.1 Å². The fourth-order valence-electron chi connectivity index (χ4n) is 3.30. The van der Waals surface area contributed by atoms with Gasteiger partial charge in [-0.1, -0.05) is 70.4 Å². The zero-order valence-corrected chi connectivity index (χ0v) is 18.3. The van der Waals surface area contributed by atoms with Crippen molar-refractivity contribution in [1.82, 2.24) is 0 Å². The molecular weight excluding hydrogens is 380 g/mol. The molecule has 1 aliphatic heterocycles. The molecule has 0 aromatic rings. The van der Waals surface area contributed by atoms with Gasteiger partial charge in [0.1, 0.15) is 6.10 Å². The Morgan fingerprint density at radius 2 is 1.36 bits per heavy atom. The molecule has 0 radical (unpaired) electrons. The molecule has 0 aliphatic carbocycles. The van der Waals surface area contributed by atoms with Crippen molar-refractivity contribution in [2.75, 3.05) is 13.2 Å². The Balaban J connectivity index is 1.84. The van der Waals surface area contributed by atoms with Crippen LogP contribution in [0.3, 0.4) is 0 Å². The third-order valence-electron chi connectivity index (χ3n) is 4.90. The Bertz CT molecular complexity index is 483. The van der Waals surface area contributed by atoms with Crippen molar-refractivity contribution in [2.45, 2.75) is 109 Å². The van der Waals surface area contributed by atoms with Crippen molar-refractivity contribution in [3.63, 3.8) is 0 Å². The van der Waals surface area contributed by atoms with Crippen LogP contribution in [0.5, 0.6) is 0 Å². The SMILES string of the molecule is CCCCCCCCC=CCCCCCCCC1OCC(OS(=O)(=O)O)CO1. The van der Waals surface area contributed by atoms with Gasteiger partial charge in [-0.2, -0.15) is 8.42 Å². The maximum atomic E-state index is 10.6. The first-order valence-corrected chi connectivity index (χ1v) is 12.4. The zero-order valence-electron chi connectivity index (χ0n) is 17.5. The minimum Gasteiger partial charge on any atom is -0.350 e. The lowest BCUT2D eigenvalue weighted by molar-refractivity contribution is -0.213. The molecule has 0 unspecified atom stereocenters. The van der Waals surface area contributed by atoms with E-state index in [0.29, 0.717) is 0 Å². The van der Waals surface area contributed by atoms with E-state index in [2.05, 4.69) is 23.3 Å². The van der Waals surface area contributed by atoms with Gasteiger partial charge in [0, 0.05) is 0 Å². The average Bonchev–Trinajstić information content (AvgIpc) is 2.65. The lowest BCUT2D eigenvalue weighted by Crippen LogP contribution is -2.38. The van der Waals surface area contributed by atoms with Crippen molar-refractivity contribution in [3.8, 4) is 0 Å². The summed E-state index contributed by atoms with van der Waals surface area (Å²) in [4.78, 5) is 0. The van der Waals surface area contributed by atoms with Crippen molar-refractivity contribution in [1.29, 1.82) is 0 Å². The molecule has 0 saturated carbocycles.